The Hall–Kier alpha value is -2.66. The third-order valence-corrected chi connectivity index (χ3v) is 4.86. The van der Waals surface area contributed by atoms with Gasteiger partial charge in [-0.15, -0.1) is 0 Å². The van der Waals surface area contributed by atoms with E-state index in [1.807, 2.05) is 49.4 Å². The second-order valence-corrected chi connectivity index (χ2v) is 7.32. The summed E-state index contributed by atoms with van der Waals surface area (Å²) in [7, 11) is 1.52. The predicted molar refractivity (Wildman–Crippen MR) is 106 cm³/mol. The largest absolute Gasteiger partial charge is 0.374 e. The van der Waals surface area contributed by atoms with Crippen LogP contribution in [0.4, 0.5) is 10.5 Å². The van der Waals surface area contributed by atoms with E-state index >= 15 is 0 Å². The Morgan fingerprint density at radius 3 is 2.52 bits per heavy atom. The number of imide groups is 1. The zero-order valence-electron chi connectivity index (χ0n) is 16.3. The van der Waals surface area contributed by atoms with Crippen molar-refractivity contribution >= 4 is 17.6 Å². The Kier molecular flexibility index (Phi) is 5.61. The predicted octanol–water partition coefficient (Wildman–Crippen LogP) is 4.10. The summed E-state index contributed by atoms with van der Waals surface area (Å²) in [5, 5.41) is 0. The molecule has 1 fully saturated rings. The van der Waals surface area contributed by atoms with Gasteiger partial charge in [0.1, 0.15) is 6.04 Å². The van der Waals surface area contributed by atoms with Crippen LogP contribution in [0, 0.1) is 6.92 Å². The molecule has 0 spiro atoms. The normalized spacial score (nSPS) is 17.3. The standard InChI is InChI=1S/C22H26N2O3/c1-15(2)18-9-6-10-19(12-18)24-20(21(25)23(4)22(24)26)14-27-13-17-8-5-7-16(3)11-17/h5-12,15,20H,13-14H2,1-4H3. The van der Waals surface area contributed by atoms with Crippen LogP contribution in [0.3, 0.4) is 0 Å². The first-order valence-corrected chi connectivity index (χ1v) is 9.22. The van der Waals surface area contributed by atoms with Crippen LogP contribution in [0.25, 0.3) is 0 Å². The minimum Gasteiger partial charge on any atom is -0.374 e. The molecule has 1 aliphatic rings. The van der Waals surface area contributed by atoms with Crippen LogP contribution >= 0.6 is 0 Å². The van der Waals surface area contributed by atoms with Crippen LogP contribution in [0.5, 0.6) is 0 Å². The summed E-state index contributed by atoms with van der Waals surface area (Å²) in [4.78, 5) is 28.0. The van der Waals surface area contributed by atoms with E-state index in [0.717, 1.165) is 22.4 Å². The van der Waals surface area contributed by atoms with Crippen molar-refractivity contribution in [1.29, 1.82) is 0 Å². The number of benzene rings is 2. The molecule has 1 aliphatic heterocycles. The minimum absolute atomic E-state index is 0.161. The zero-order valence-corrected chi connectivity index (χ0v) is 16.3. The Balaban J connectivity index is 1.78. The lowest BCUT2D eigenvalue weighted by atomic mass is 10.0. The molecule has 3 amide bonds. The summed E-state index contributed by atoms with van der Waals surface area (Å²) >= 11 is 0. The van der Waals surface area contributed by atoms with E-state index < -0.39 is 6.04 Å². The van der Waals surface area contributed by atoms with Crippen LogP contribution in [0.1, 0.15) is 36.5 Å². The summed E-state index contributed by atoms with van der Waals surface area (Å²) in [5.41, 5.74) is 4.07. The molecule has 27 heavy (non-hydrogen) atoms. The molecule has 1 heterocycles. The number of hydrogen-bond acceptors (Lipinski definition) is 3. The van der Waals surface area contributed by atoms with Gasteiger partial charge in [0, 0.05) is 12.7 Å². The van der Waals surface area contributed by atoms with Gasteiger partial charge >= 0.3 is 6.03 Å². The number of ether oxygens (including phenoxy) is 1. The molecule has 1 saturated heterocycles. The Morgan fingerprint density at radius 1 is 1.07 bits per heavy atom. The highest BCUT2D eigenvalue weighted by atomic mass is 16.5. The maximum Gasteiger partial charge on any atom is 0.331 e. The summed E-state index contributed by atoms with van der Waals surface area (Å²) in [6, 6.07) is 14.9. The summed E-state index contributed by atoms with van der Waals surface area (Å²) in [6.45, 7) is 6.80. The average Bonchev–Trinajstić information content (AvgIpc) is 2.86. The smallest absolute Gasteiger partial charge is 0.331 e. The summed E-state index contributed by atoms with van der Waals surface area (Å²) in [6.07, 6.45) is 0. The fraction of sp³-hybridized carbons (Fsp3) is 0.364. The number of urea groups is 1. The molecule has 0 radical (unpaired) electrons. The first-order chi connectivity index (χ1) is 12.9. The van der Waals surface area contributed by atoms with Gasteiger partial charge in [0.25, 0.3) is 5.91 Å². The third-order valence-electron chi connectivity index (χ3n) is 4.86. The average molecular weight is 366 g/mol. The van der Waals surface area contributed by atoms with Crippen LogP contribution in [-0.2, 0) is 16.1 Å². The van der Waals surface area contributed by atoms with E-state index in [1.54, 1.807) is 4.90 Å². The maximum atomic E-state index is 12.7. The van der Waals surface area contributed by atoms with Gasteiger partial charge in [-0.05, 0) is 36.1 Å². The molecule has 0 N–H and O–H groups in total. The van der Waals surface area contributed by atoms with Crippen LogP contribution in [0.2, 0.25) is 0 Å². The molecule has 5 heteroatoms. The summed E-state index contributed by atoms with van der Waals surface area (Å²) < 4.78 is 5.81. The molecule has 0 bridgehead atoms. The number of amides is 3. The van der Waals surface area contributed by atoms with E-state index in [4.69, 9.17) is 4.74 Å². The van der Waals surface area contributed by atoms with Crippen LogP contribution in [0.15, 0.2) is 48.5 Å². The number of likely N-dealkylation sites (N-methyl/N-ethyl adjacent to an activating group) is 1. The fourth-order valence-electron chi connectivity index (χ4n) is 3.28. The van der Waals surface area contributed by atoms with Gasteiger partial charge in [0.15, 0.2) is 0 Å². The Morgan fingerprint density at radius 2 is 1.81 bits per heavy atom. The lowest BCUT2D eigenvalue weighted by Crippen LogP contribution is -2.38. The van der Waals surface area contributed by atoms with Crippen molar-refractivity contribution in [1.82, 2.24) is 4.90 Å². The molecular weight excluding hydrogens is 340 g/mol. The Bertz CT molecular complexity index is 847. The first-order valence-electron chi connectivity index (χ1n) is 9.22. The minimum atomic E-state index is -0.644. The molecule has 0 aromatic heterocycles. The van der Waals surface area contributed by atoms with Crippen molar-refractivity contribution in [2.24, 2.45) is 0 Å². The molecule has 1 unspecified atom stereocenters. The van der Waals surface area contributed by atoms with Crippen molar-refractivity contribution in [3.8, 4) is 0 Å². The number of carbonyl (C=O) groups excluding carboxylic acids is 2. The number of nitrogens with zero attached hydrogens (tertiary/aromatic N) is 2. The second-order valence-electron chi connectivity index (χ2n) is 7.32. The third kappa shape index (κ3) is 4.03. The number of aryl methyl sites for hydroxylation is 1. The van der Waals surface area contributed by atoms with Gasteiger partial charge in [0.05, 0.1) is 13.2 Å². The van der Waals surface area contributed by atoms with E-state index in [2.05, 4.69) is 19.9 Å². The molecule has 2 aromatic carbocycles. The molecular formula is C22H26N2O3. The van der Waals surface area contributed by atoms with Crippen molar-refractivity contribution in [3.63, 3.8) is 0 Å². The van der Waals surface area contributed by atoms with Crippen molar-refractivity contribution in [2.75, 3.05) is 18.6 Å². The number of rotatable bonds is 6. The molecule has 0 aliphatic carbocycles. The lowest BCUT2D eigenvalue weighted by molar-refractivity contribution is -0.127. The topological polar surface area (TPSA) is 49.9 Å². The summed E-state index contributed by atoms with van der Waals surface area (Å²) in [5.74, 6) is 0.103. The van der Waals surface area contributed by atoms with E-state index in [-0.39, 0.29) is 18.5 Å². The second kappa shape index (κ2) is 7.92. The molecule has 142 valence electrons. The number of anilines is 1. The molecule has 3 rings (SSSR count). The quantitative estimate of drug-likeness (QED) is 0.723. The maximum absolute atomic E-state index is 12.7. The molecule has 0 saturated carbocycles. The van der Waals surface area contributed by atoms with Crippen molar-refractivity contribution in [3.05, 3.63) is 65.2 Å². The van der Waals surface area contributed by atoms with Crippen molar-refractivity contribution in [2.45, 2.75) is 39.3 Å². The molecule has 2 aromatic rings. The number of carbonyl (C=O) groups is 2. The number of hydrogen-bond donors (Lipinski definition) is 0. The molecule has 1 atom stereocenters. The van der Waals surface area contributed by atoms with E-state index in [9.17, 15) is 9.59 Å². The van der Waals surface area contributed by atoms with Crippen LogP contribution < -0.4 is 4.90 Å². The van der Waals surface area contributed by atoms with Crippen molar-refractivity contribution < 1.29 is 14.3 Å². The van der Waals surface area contributed by atoms with Gasteiger partial charge in [-0.25, -0.2) is 4.79 Å². The van der Waals surface area contributed by atoms with Gasteiger partial charge in [-0.3, -0.25) is 14.6 Å². The fourth-order valence-corrected chi connectivity index (χ4v) is 3.28. The monoisotopic (exact) mass is 366 g/mol. The van der Waals surface area contributed by atoms with Gasteiger partial charge in [-0.2, -0.15) is 0 Å². The highest BCUT2D eigenvalue weighted by molar-refractivity contribution is 6.14. The van der Waals surface area contributed by atoms with Gasteiger partial charge in [0.2, 0.25) is 0 Å². The van der Waals surface area contributed by atoms with Gasteiger partial charge < -0.3 is 4.74 Å². The molecule has 5 nitrogen and oxygen atoms in total. The Labute approximate surface area is 160 Å². The highest BCUT2D eigenvalue weighted by Gasteiger charge is 2.44. The van der Waals surface area contributed by atoms with E-state index in [1.165, 1.54) is 11.9 Å². The highest BCUT2D eigenvalue weighted by Crippen LogP contribution is 2.28. The lowest BCUT2D eigenvalue weighted by Gasteiger charge is -2.23. The van der Waals surface area contributed by atoms with E-state index in [0.29, 0.717) is 12.5 Å². The van der Waals surface area contributed by atoms with Gasteiger partial charge in [-0.1, -0.05) is 55.8 Å². The zero-order chi connectivity index (χ0) is 19.6. The van der Waals surface area contributed by atoms with Crippen LogP contribution in [-0.4, -0.2) is 36.5 Å². The first kappa shape index (κ1) is 19.1. The SMILES string of the molecule is Cc1cccc(COCC2C(=O)N(C)C(=O)N2c2cccc(C(C)C)c2)c1.